The molecule has 0 radical (unpaired) electrons. The van der Waals surface area contributed by atoms with Gasteiger partial charge in [-0.25, -0.2) is 18.4 Å². The molecular formula is C12H11F2N7. The fraction of sp³-hybridized carbons (Fsp3) is 0.167. The third kappa shape index (κ3) is 2.43. The minimum absolute atomic E-state index is 0.0505. The van der Waals surface area contributed by atoms with Gasteiger partial charge >= 0.3 is 0 Å². The van der Waals surface area contributed by atoms with E-state index in [-0.39, 0.29) is 12.1 Å². The van der Waals surface area contributed by atoms with Gasteiger partial charge in [0.05, 0.1) is 18.3 Å². The Kier molecular flexibility index (Phi) is 3.07. The molecule has 0 aliphatic carbocycles. The molecule has 1 aromatic heterocycles. The minimum atomic E-state index is -1.49. The van der Waals surface area contributed by atoms with Gasteiger partial charge in [-0.2, -0.15) is 10.2 Å². The van der Waals surface area contributed by atoms with Gasteiger partial charge in [0.15, 0.2) is 5.82 Å². The van der Waals surface area contributed by atoms with Crippen molar-refractivity contribution in [3.8, 4) is 0 Å². The second-order valence-electron chi connectivity index (χ2n) is 4.56. The maximum atomic E-state index is 13.7. The normalized spacial score (nSPS) is 16.3. The van der Waals surface area contributed by atoms with Gasteiger partial charge < -0.3 is 0 Å². The van der Waals surface area contributed by atoms with Crippen molar-refractivity contribution in [3.63, 3.8) is 0 Å². The molecule has 0 bridgehead atoms. The van der Waals surface area contributed by atoms with Crippen LogP contribution in [-0.2, 0) is 6.54 Å². The fourth-order valence-corrected chi connectivity index (χ4v) is 1.98. The number of aromatic nitrogens is 3. The molecule has 1 aromatic carbocycles. The van der Waals surface area contributed by atoms with E-state index in [0.717, 1.165) is 6.07 Å². The van der Waals surface area contributed by atoms with Crippen molar-refractivity contribution in [2.75, 3.05) is 0 Å². The van der Waals surface area contributed by atoms with E-state index in [1.54, 1.807) is 0 Å². The third-order valence-electron chi connectivity index (χ3n) is 3.03. The molecule has 21 heavy (non-hydrogen) atoms. The highest BCUT2D eigenvalue weighted by Crippen LogP contribution is 2.26. The first-order valence-electron chi connectivity index (χ1n) is 6.00. The van der Waals surface area contributed by atoms with Crippen molar-refractivity contribution >= 4 is 5.57 Å². The SMILES string of the molecule is NC1(N)N=NC=C1c1ncnn1Cc1ccc(F)cc1F. The summed E-state index contributed by atoms with van der Waals surface area (Å²) in [5.74, 6) is -2.48. The molecular weight excluding hydrogens is 280 g/mol. The largest absolute Gasteiger partial charge is 0.289 e. The summed E-state index contributed by atoms with van der Waals surface area (Å²) in [5.41, 5.74) is 12.2. The fourth-order valence-electron chi connectivity index (χ4n) is 1.98. The Hall–Kier alpha value is -2.52. The molecule has 7 nitrogen and oxygen atoms in total. The molecule has 9 heteroatoms. The highest BCUT2D eigenvalue weighted by atomic mass is 19.1. The van der Waals surface area contributed by atoms with Crippen molar-refractivity contribution in [1.29, 1.82) is 0 Å². The molecule has 0 spiro atoms. The zero-order chi connectivity index (χ0) is 15.0. The second-order valence-corrected chi connectivity index (χ2v) is 4.56. The molecule has 0 unspecified atom stereocenters. The van der Waals surface area contributed by atoms with Crippen LogP contribution in [0.15, 0.2) is 41.0 Å². The van der Waals surface area contributed by atoms with Crippen LogP contribution >= 0.6 is 0 Å². The predicted molar refractivity (Wildman–Crippen MR) is 69.4 cm³/mol. The van der Waals surface area contributed by atoms with Gasteiger partial charge in [0.1, 0.15) is 18.0 Å². The van der Waals surface area contributed by atoms with E-state index in [9.17, 15) is 8.78 Å². The van der Waals surface area contributed by atoms with E-state index in [4.69, 9.17) is 11.5 Å². The Morgan fingerprint density at radius 2 is 2.05 bits per heavy atom. The Morgan fingerprint density at radius 3 is 2.71 bits per heavy atom. The van der Waals surface area contributed by atoms with E-state index < -0.39 is 17.4 Å². The minimum Gasteiger partial charge on any atom is -0.289 e. The lowest BCUT2D eigenvalue weighted by Crippen LogP contribution is -2.47. The molecule has 0 saturated carbocycles. The van der Waals surface area contributed by atoms with Crippen molar-refractivity contribution in [3.05, 3.63) is 53.7 Å². The van der Waals surface area contributed by atoms with Crippen LogP contribution in [0.25, 0.3) is 5.57 Å². The summed E-state index contributed by atoms with van der Waals surface area (Å²) in [6, 6.07) is 3.32. The Balaban J connectivity index is 1.94. The first-order valence-corrected chi connectivity index (χ1v) is 6.00. The molecule has 0 saturated heterocycles. The zero-order valence-corrected chi connectivity index (χ0v) is 10.7. The van der Waals surface area contributed by atoms with Crippen LogP contribution in [0.1, 0.15) is 11.4 Å². The smallest absolute Gasteiger partial charge is 0.211 e. The summed E-state index contributed by atoms with van der Waals surface area (Å²) in [6.07, 6.45) is 2.66. The number of hydrogen-bond donors (Lipinski definition) is 2. The van der Waals surface area contributed by atoms with Gasteiger partial charge in [-0.1, -0.05) is 6.07 Å². The van der Waals surface area contributed by atoms with Crippen LogP contribution in [0.5, 0.6) is 0 Å². The molecule has 3 rings (SSSR count). The molecule has 0 fully saturated rings. The number of halogens is 2. The third-order valence-corrected chi connectivity index (χ3v) is 3.03. The number of nitrogens with two attached hydrogens (primary N) is 2. The van der Waals surface area contributed by atoms with E-state index in [1.165, 1.54) is 29.3 Å². The lowest BCUT2D eigenvalue weighted by atomic mass is 10.1. The summed E-state index contributed by atoms with van der Waals surface area (Å²) < 4.78 is 28.0. The van der Waals surface area contributed by atoms with Crippen LogP contribution < -0.4 is 11.5 Å². The van der Waals surface area contributed by atoms with Gasteiger partial charge in [-0.3, -0.25) is 11.5 Å². The lowest BCUT2D eigenvalue weighted by molar-refractivity contribution is 0.550. The van der Waals surface area contributed by atoms with Gasteiger partial charge in [0.25, 0.3) is 0 Å². The van der Waals surface area contributed by atoms with Crippen molar-refractivity contribution in [2.45, 2.75) is 12.3 Å². The maximum Gasteiger partial charge on any atom is 0.211 e. The number of hydrogen-bond acceptors (Lipinski definition) is 6. The average Bonchev–Trinajstić information content (AvgIpc) is 2.98. The number of benzene rings is 1. The zero-order valence-electron chi connectivity index (χ0n) is 10.7. The maximum absolute atomic E-state index is 13.7. The predicted octanol–water partition coefficient (Wildman–Crippen LogP) is 0.982. The van der Waals surface area contributed by atoms with Crippen LogP contribution in [-0.4, -0.2) is 20.6 Å². The van der Waals surface area contributed by atoms with E-state index in [0.29, 0.717) is 11.4 Å². The summed E-state index contributed by atoms with van der Waals surface area (Å²) in [4.78, 5) is 4.04. The highest BCUT2D eigenvalue weighted by molar-refractivity contribution is 5.68. The first-order chi connectivity index (χ1) is 9.97. The van der Waals surface area contributed by atoms with E-state index in [1.807, 2.05) is 0 Å². The first kappa shape index (κ1) is 13.5. The Labute approximate surface area is 118 Å². The number of azo groups is 1. The summed E-state index contributed by atoms with van der Waals surface area (Å²) >= 11 is 0. The molecule has 1 aliphatic heterocycles. The van der Waals surface area contributed by atoms with Gasteiger partial charge in [-0.15, -0.1) is 5.11 Å². The van der Waals surface area contributed by atoms with Crippen LogP contribution in [0.3, 0.4) is 0 Å². The molecule has 1 aliphatic rings. The molecule has 4 N–H and O–H groups in total. The monoisotopic (exact) mass is 291 g/mol. The second kappa shape index (κ2) is 4.79. The molecule has 2 aromatic rings. The Morgan fingerprint density at radius 1 is 1.24 bits per heavy atom. The molecule has 2 heterocycles. The van der Waals surface area contributed by atoms with Crippen molar-refractivity contribution in [2.24, 2.45) is 21.7 Å². The highest BCUT2D eigenvalue weighted by Gasteiger charge is 2.32. The summed E-state index contributed by atoms with van der Waals surface area (Å²) in [5, 5.41) is 11.3. The molecule has 0 atom stereocenters. The van der Waals surface area contributed by atoms with E-state index in [2.05, 4.69) is 20.3 Å². The van der Waals surface area contributed by atoms with Gasteiger partial charge in [-0.05, 0) is 6.07 Å². The van der Waals surface area contributed by atoms with Gasteiger partial charge in [0, 0.05) is 11.6 Å². The molecule has 108 valence electrons. The topological polar surface area (TPSA) is 107 Å². The summed E-state index contributed by atoms with van der Waals surface area (Å²) in [6.45, 7) is 0.0505. The number of nitrogens with zero attached hydrogens (tertiary/aromatic N) is 5. The van der Waals surface area contributed by atoms with Crippen molar-refractivity contribution < 1.29 is 8.78 Å². The van der Waals surface area contributed by atoms with E-state index >= 15 is 0 Å². The standard InChI is InChI=1S/C12H11F2N7/c13-8-2-1-7(10(14)3-8)5-21-11(17-6-19-21)9-4-18-20-12(9,15)16/h1-4,6H,5,15-16H2. The average molecular weight is 291 g/mol. The number of rotatable bonds is 3. The van der Waals surface area contributed by atoms with Gasteiger partial charge in [0.2, 0.25) is 5.79 Å². The molecule has 0 amide bonds. The lowest BCUT2D eigenvalue weighted by Gasteiger charge is -2.17. The van der Waals surface area contributed by atoms with Crippen LogP contribution in [0.2, 0.25) is 0 Å². The quantitative estimate of drug-likeness (QED) is 0.822. The van der Waals surface area contributed by atoms with Crippen LogP contribution in [0, 0.1) is 11.6 Å². The van der Waals surface area contributed by atoms with Crippen LogP contribution in [0.4, 0.5) is 8.78 Å². The van der Waals surface area contributed by atoms with Crippen molar-refractivity contribution in [1.82, 2.24) is 14.8 Å². The Bertz CT molecular complexity index is 748. The summed E-state index contributed by atoms with van der Waals surface area (Å²) in [7, 11) is 0.